The number of hydrogen-bond acceptors (Lipinski definition) is 3. The predicted molar refractivity (Wildman–Crippen MR) is 107 cm³/mol. The van der Waals surface area contributed by atoms with E-state index in [9.17, 15) is 9.90 Å². The first-order valence-electron chi connectivity index (χ1n) is 9.79. The SMILES string of the molecule is COc1cccc(Cn2c(C)c(CNC3CCCCC3)c(C(=O)O)c2C)c1. The molecular weight excluding hydrogens is 340 g/mol. The Hall–Kier alpha value is -2.27. The van der Waals surface area contributed by atoms with Gasteiger partial charge in [0.2, 0.25) is 0 Å². The van der Waals surface area contributed by atoms with Crippen molar-refractivity contribution in [2.75, 3.05) is 7.11 Å². The summed E-state index contributed by atoms with van der Waals surface area (Å²) in [5.41, 5.74) is 4.28. The molecule has 1 heterocycles. The van der Waals surface area contributed by atoms with Crippen molar-refractivity contribution in [1.29, 1.82) is 0 Å². The van der Waals surface area contributed by atoms with E-state index in [1.807, 2.05) is 38.1 Å². The third-order valence-electron chi connectivity index (χ3n) is 5.77. The number of aromatic carboxylic acids is 1. The molecule has 27 heavy (non-hydrogen) atoms. The highest BCUT2D eigenvalue weighted by atomic mass is 16.5. The van der Waals surface area contributed by atoms with Gasteiger partial charge in [0.05, 0.1) is 12.7 Å². The molecule has 3 rings (SSSR count). The van der Waals surface area contributed by atoms with Gasteiger partial charge in [0.25, 0.3) is 0 Å². The first-order chi connectivity index (χ1) is 13.0. The number of carboxylic acid groups (broad SMARTS) is 1. The minimum atomic E-state index is -0.847. The maximum Gasteiger partial charge on any atom is 0.337 e. The summed E-state index contributed by atoms with van der Waals surface area (Å²) >= 11 is 0. The van der Waals surface area contributed by atoms with E-state index < -0.39 is 5.97 Å². The fourth-order valence-corrected chi connectivity index (χ4v) is 4.19. The number of hydrogen-bond donors (Lipinski definition) is 2. The highest BCUT2D eigenvalue weighted by Crippen LogP contribution is 2.26. The molecule has 0 radical (unpaired) electrons. The summed E-state index contributed by atoms with van der Waals surface area (Å²) in [6.45, 7) is 5.18. The van der Waals surface area contributed by atoms with Gasteiger partial charge in [0.15, 0.2) is 0 Å². The molecule has 0 aliphatic heterocycles. The number of nitrogens with zero attached hydrogens (tertiary/aromatic N) is 1. The summed E-state index contributed by atoms with van der Waals surface area (Å²) in [7, 11) is 1.66. The van der Waals surface area contributed by atoms with Gasteiger partial charge < -0.3 is 19.7 Å². The molecule has 5 nitrogen and oxygen atoms in total. The number of benzene rings is 1. The first kappa shape index (κ1) is 19.5. The molecule has 5 heteroatoms. The average molecular weight is 370 g/mol. The van der Waals surface area contributed by atoms with E-state index in [1.54, 1.807) is 7.11 Å². The second-order valence-electron chi connectivity index (χ2n) is 7.48. The van der Waals surface area contributed by atoms with Crippen molar-refractivity contribution in [2.45, 2.75) is 65.1 Å². The molecular formula is C22H30N2O3. The lowest BCUT2D eigenvalue weighted by Crippen LogP contribution is -2.31. The van der Waals surface area contributed by atoms with Crippen LogP contribution >= 0.6 is 0 Å². The Morgan fingerprint density at radius 2 is 1.96 bits per heavy atom. The molecule has 0 bridgehead atoms. The average Bonchev–Trinajstić information content (AvgIpc) is 2.91. The zero-order chi connectivity index (χ0) is 19.4. The van der Waals surface area contributed by atoms with Crippen LogP contribution in [0.2, 0.25) is 0 Å². The largest absolute Gasteiger partial charge is 0.497 e. The van der Waals surface area contributed by atoms with Crippen molar-refractivity contribution in [2.24, 2.45) is 0 Å². The van der Waals surface area contributed by atoms with Gasteiger partial charge in [-0.1, -0.05) is 31.4 Å². The van der Waals surface area contributed by atoms with Crippen LogP contribution in [0.3, 0.4) is 0 Å². The molecule has 0 amide bonds. The minimum Gasteiger partial charge on any atom is -0.497 e. The monoisotopic (exact) mass is 370 g/mol. The van der Waals surface area contributed by atoms with Crippen molar-refractivity contribution in [1.82, 2.24) is 9.88 Å². The zero-order valence-corrected chi connectivity index (χ0v) is 16.5. The van der Waals surface area contributed by atoms with Gasteiger partial charge in [-0.3, -0.25) is 0 Å². The quantitative estimate of drug-likeness (QED) is 0.763. The van der Waals surface area contributed by atoms with Gasteiger partial charge in [-0.15, -0.1) is 0 Å². The smallest absolute Gasteiger partial charge is 0.337 e. The second kappa shape index (κ2) is 8.61. The highest BCUT2D eigenvalue weighted by molar-refractivity contribution is 5.91. The Bertz CT molecular complexity index is 804. The molecule has 146 valence electrons. The van der Waals surface area contributed by atoms with Crippen molar-refractivity contribution < 1.29 is 14.6 Å². The summed E-state index contributed by atoms with van der Waals surface area (Å²) in [5.74, 6) is -0.0342. The van der Waals surface area contributed by atoms with Crippen LogP contribution in [0.15, 0.2) is 24.3 Å². The molecule has 0 spiro atoms. The lowest BCUT2D eigenvalue weighted by molar-refractivity contribution is 0.0694. The third-order valence-corrected chi connectivity index (χ3v) is 5.77. The maximum atomic E-state index is 12.0. The molecule has 1 aromatic heterocycles. The van der Waals surface area contributed by atoms with Gasteiger partial charge in [0.1, 0.15) is 5.75 Å². The zero-order valence-electron chi connectivity index (χ0n) is 16.5. The number of carboxylic acids is 1. The van der Waals surface area contributed by atoms with Crippen LogP contribution in [0.25, 0.3) is 0 Å². The molecule has 1 aliphatic rings. The molecule has 0 unspecified atom stereocenters. The van der Waals surface area contributed by atoms with Crippen molar-refractivity contribution in [3.05, 3.63) is 52.3 Å². The summed E-state index contributed by atoms with van der Waals surface area (Å²) in [4.78, 5) is 12.0. The summed E-state index contributed by atoms with van der Waals surface area (Å²) < 4.78 is 7.42. The van der Waals surface area contributed by atoms with E-state index in [1.165, 1.54) is 32.1 Å². The van der Waals surface area contributed by atoms with E-state index in [0.717, 1.165) is 28.3 Å². The summed E-state index contributed by atoms with van der Waals surface area (Å²) in [6, 6.07) is 8.43. The number of aromatic nitrogens is 1. The van der Waals surface area contributed by atoms with Gasteiger partial charge in [0, 0.05) is 36.1 Å². The normalized spacial score (nSPS) is 15.1. The van der Waals surface area contributed by atoms with E-state index in [2.05, 4.69) is 9.88 Å². The topological polar surface area (TPSA) is 63.5 Å². The molecule has 2 N–H and O–H groups in total. The van der Waals surface area contributed by atoms with Crippen LogP contribution in [0, 0.1) is 13.8 Å². The van der Waals surface area contributed by atoms with Crippen LogP contribution < -0.4 is 10.1 Å². The van der Waals surface area contributed by atoms with Crippen molar-refractivity contribution in [3.8, 4) is 5.75 Å². The van der Waals surface area contributed by atoms with Crippen molar-refractivity contribution >= 4 is 5.97 Å². The van der Waals surface area contributed by atoms with Crippen LogP contribution in [-0.2, 0) is 13.1 Å². The summed E-state index contributed by atoms with van der Waals surface area (Å²) in [5, 5.41) is 13.4. The third kappa shape index (κ3) is 4.35. The van der Waals surface area contributed by atoms with Gasteiger partial charge in [-0.25, -0.2) is 4.79 Å². The Kier molecular flexibility index (Phi) is 6.22. The Morgan fingerprint density at radius 1 is 1.22 bits per heavy atom. The Balaban J connectivity index is 1.86. The molecule has 1 saturated carbocycles. The molecule has 1 fully saturated rings. The molecule has 0 saturated heterocycles. The Labute approximate surface area is 161 Å². The predicted octanol–water partition coefficient (Wildman–Crippen LogP) is 4.28. The molecule has 1 aromatic carbocycles. The number of methoxy groups -OCH3 is 1. The van der Waals surface area contributed by atoms with E-state index in [-0.39, 0.29) is 0 Å². The van der Waals surface area contributed by atoms with E-state index >= 15 is 0 Å². The van der Waals surface area contributed by atoms with Crippen molar-refractivity contribution in [3.63, 3.8) is 0 Å². The standard InChI is InChI=1S/C22H30N2O3/c1-15-20(13-23-18-9-5-4-6-10-18)21(22(25)26)16(2)24(15)14-17-8-7-11-19(12-17)27-3/h7-8,11-12,18,23H,4-6,9-10,13-14H2,1-3H3,(H,25,26). The van der Waals surface area contributed by atoms with Crippen LogP contribution in [0.5, 0.6) is 5.75 Å². The second-order valence-corrected chi connectivity index (χ2v) is 7.48. The lowest BCUT2D eigenvalue weighted by Gasteiger charge is -2.23. The summed E-state index contributed by atoms with van der Waals surface area (Å²) in [6.07, 6.45) is 6.21. The highest BCUT2D eigenvalue weighted by Gasteiger charge is 2.23. The van der Waals surface area contributed by atoms with E-state index in [4.69, 9.17) is 4.74 Å². The molecule has 1 aliphatic carbocycles. The number of carbonyl (C=O) groups is 1. The van der Waals surface area contributed by atoms with E-state index in [0.29, 0.717) is 24.7 Å². The molecule has 0 atom stereocenters. The maximum absolute atomic E-state index is 12.0. The fourth-order valence-electron chi connectivity index (χ4n) is 4.19. The van der Waals surface area contributed by atoms with Crippen LogP contribution in [0.1, 0.15) is 65.0 Å². The van der Waals surface area contributed by atoms with Gasteiger partial charge in [-0.05, 0) is 44.4 Å². The first-order valence-corrected chi connectivity index (χ1v) is 9.79. The molecule has 2 aromatic rings. The number of rotatable bonds is 7. The van der Waals surface area contributed by atoms with Gasteiger partial charge >= 0.3 is 5.97 Å². The number of ether oxygens (including phenoxy) is 1. The number of nitrogens with one attached hydrogen (secondary N) is 1. The fraction of sp³-hybridized carbons (Fsp3) is 0.500. The van der Waals surface area contributed by atoms with Gasteiger partial charge in [-0.2, -0.15) is 0 Å². The Morgan fingerprint density at radius 3 is 2.63 bits per heavy atom. The van der Waals surface area contributed by atoms with Crippen LogP contribution in [0.4, 0.5) is 0 Å². The lowest BCUT2D eigenvalue weighted by atomic mass is 9.95. The van der Waals surface area contributed by atoms with Crippen LogP contribution in [-0.4, -0.2) is 28.8 Å². The minimum absolute atomic E-state index is 0.443.